The number of hydrogen-bond acceptors (Lipinski definition) is 3. The lowest BCUT2D eigenvalue weighted by atomic mass is 9.97. The Hall–Kier alpha value is -2.17. The average Bonchev–Trinajstić information content (AvgIpc) is 2.85. The number of amides is 1. The molecular formula is C16H19FN2O2. The van der Waals surface area contributed by atoms with Crippen molar-refractivity contribution in [3.05, 3.63) is 53.5 Å². The molecular weight excluding hydrogens is 271 g/mol. The number of rotatable bonds is 6. The summed E-state index contributed by atoms with van der Waals surface area (Å²) in [6.45, 7) is 4.25. The van der Waals surface area contributed by atoms with Crippen LogP contribution in [0, 0.1) is 12.7 Å². The van der Waals surface area contributed by atoms with Crippen LogP contribution in [0.25, 0.3) is 0 Å². The van der Waals surface area contributed by atoms with Crippen LogP contribution in [0.2, 0.25) is 0 Å². The molecule has 0 aliphatic carbocycles. The lowest BCUT2D eigenvalue weighted by Crippen LogP contribution is -2.26. The lowest BCUT2D eigenvalue weighted by Gasteiger charge is -2.11. The number of benzene rings is 1. The maximum absolute atomic E-state index is 12.8. The Morgan fingerprint density at radius 3 is 2.71 bits per heavy atom. The molecule has 4 nitrogen and oxygen atoms in total. The van der Waals surface area contributed by atoms with Gasteiger partial charge in [-0.25, -0.2) is 9.37 Å². The quantitative estimate of drug-likeness (QED) is 0.890. The van der Waals surface area contributed by atoms with Gasteiger partial charge in [0, 0.05) is 26.3 Å². The van der Waals surface area contributed by atoms with Gasteiger partial charge < -0.3 is 9.73 Å². The SMILES string of the molecule is Cc1ncc(CCNC(=O)CC(C)c2ccc(F)cc2)o1. The molecule has 0 saturated heterocycles. The molecule has 0 aliphatic rings. The van der Waals surface area contributed by atoms with E-state index < -0.39 is 0 Å². The summed E-state index contributed by atoms with van der Waals surface area (Å²) in [7, 11) is 0. The summed E-state index contributed by atoms with van der Waals surface area (Å²) in [5, 5.41) is 2.85. The molecule has 5 heteroatoms. The van der Waals surface area contributed by atoms with Crippen LogP contribution in [-0.2, 0) is 11.2 Å². The summed E-state index contributed by atoms with van der Waals surface area (Å²) in [4.78, 5) is 15.9. The molecule has 1 heterocycles. The van der Waals surface area contributed by atoms with E-state index in [9.17, 15) is 9.18 Å². The van der Waals surface area contributed by atoms with Crippen molar-refractivity contribution in [1.29, 1.82) is 0 Å². The minimum atomic E-state index is -0.266. The number of aromatic nitrogens is 1. The number of carbonyl (C=O) groups excluding carboxylic acids is 1. The van der Waals surface area contributed by atoms with E-state index in [4.69, 9.17) is 4.42 Å². The van der Waals surface area contributed by atoms with Crippen molar-refractivity contribution in [2.75, 3.05) is 6.54 Å². The Labute approximate surface area is 123 Å². The summed E-state index contributed by atoms with van der Waals surface area (Å²) in [6.07, 6.45) is 2.67. The molecule has 1 N–H and O–H groups in total. The smallest absolute Gasteiger partial charge is 0.220 e. The molecule has 0 radical (unpaired) electrons. The van der Waals surface area contributed by atoms with Crippen LogP contribution < -0.4 is 5.32 Å². The highest BCUT2D eigenvalue weighted by Gasteiger charge is 2.11. The molecule has 1 atom stereocenters. The minimum absolute atomic E-state index is 0.0249. The molecule has 21 heavy (non-hydrogen) atoms. The molecule has 1 aromatic carbocycles. The van der Waals surface area contributed by atoms with Gasteiger partial charge in [0.25, 0.3) is 0 Å². The number of halogens is 1. The third kappa shape index (κ3) is 4.70. The van der Waals surface area contributed by atoms with Crippen molar-refractivity contribution in [2.45, 2.75) is 32.6 Å². The van der Waals surface area contributed by atoms with Gasteiger partial charge in [-0.2, -0.15) is 0 Å². The lowest BCUT2D eigenvalue weighted by molar-refractivity contribution is -0.121. The van der Waals surface area contributed by atoms with Gasteiger partial charge in [0.05, 0.1) is 6.20 Å². The molecule has 2 rings (SSSR count). The molecule has 0 bridgehead atoms. The normalized spacial score (nSPS) is 12.1. The zero-order valence-electron chi connectivity index (χ0n) is 12.2. The van der Waals surface area contributed by atoms with E-state index in [0.29, 0.717) is 25.3 Å². The van der Waals surface area contributed by atoms with Crippen LogP contribution in [0.5, 0.6) is 0 Å². The number of carbonyl (C=O) groups is 1. The number of nitrogens with one attached hydrogen (secondary N) is 1. The van der Waals surface area contributed by atoms with Gasteiger partial charge in [-0.1, -0.05) is 19.1 Å². The topological polar surface area (TPSA) is 55.1 Å². The van der Waals surface area contributed by atoms with Crippen LogP contribution >= 0.6 is 0 Å². The molecule has 1 amide bonds. The van der Waals surface area contributed by atoms with Crippen molar-refractivity contribution in [2.24, 2.45) is 0 Å². The van der Waals surface area contributed by atoms with E-state index in [-0.39, 0.29) is 17.6 Å². The minimum Gasteiger partial charge on any atom is -0.446 e. The summed E-state index contributed by atoms with van der Waals surface area (Å²) < 4.78 is 18.2. The largest absolute Gasteiger partial charge is 0.446 e. The Kier molecular flexibility index (Phi) is 5.09. The predicted octanol–water partition coefficient (Wildman–Crippen LogP) is 2.97. The highest BCUT2D eigenvalue weighted by atomic mass is 19.1. The van der Waals surface area contributed by atoms with Crippen LogP contribution in [-0.4, -0.2) is 17.4 Å². The van der Waals surface area contributed by atoms with Gasteiger partial charge in [-0.3, -0.25) is 4.79 Å². The number of hydrogen-bond donors (Lipinski definition) is 1. The second-order valence-corrected chi connectivity index (χ2v) is 5.10. The predicted molar refractivity (Wildman–Crippen MR) is 77.4 cm³/mol. The second-order valence-electron chi connectivity index (χ2n) is 5.10. The first-order chi connectivity index (χ1) is 10.0. The maximum atomic E-state index is 12.8. The van der Waals surface area contributed by atoms with Gasteiger partial charge in [-0.15, -0.1) is 0 Å². The zero-order chi connectivity index (χ0) is 15.2. The molecule has 0 fully saturated rings. The Balaban J connectivity index is 1.75. The summed E-state index contributed by atoms with van der Waals surface area (Å²) in [5.41, 5.74) is 0.956. The van der Waals surface area contributed by atoms with Crippen molar-refractivity contribution in [3.8, 4) is 0 Å². The molecule has 2 aromatic rings. The van der Waals surface area contributed by atoms with Gasteiger partial charge in [0.15, 0.2) is 5.89 Å². The molecule has 0 spiro atoms. The number of aryl methyl sites for hydroxylation is 1. The fraction of sp³-hybridized carbons (Fsp3) is 0.375. The standard InChI is InChI=1S/C16H19FN2O2/c1-11(13-3-5-14(17)6-4-13)9-16(20)18-8-7-15-10-19-12(2)21-15/h3-6,10-11H,7-9H2,1-2H3,(H,18,20). The first-order valence-corrected chi connectivity index (χ1v) is 6.98. The van der Waals surface area contributed by atoms with E-state index in [0.717, 1.165) is 11.3 Å². The van der Waals surface area contributed by atoms with Crippen LogP contribution in [0.3, 0.4) is 0 Å². The fourth-order valence-electron chi connectivity index (χ4n) is 2.11. The molecule has 112 valence electrons. The van der Waals surface area contributed by atoms with Gasteiger partial charge >= 0.3 is 0 Å². The third-order valence-corrected chi connectivity index (χ3v) is 3.29. The van der Waals surface area contributed by atoms with Gasteiger partial charge in [0.2, 0.25) is 5.91 Å². The van der Waals surface area contributed by atoms with Crippen LogP contribution in [0.4, 0.5) is 4.39 Å². The van der Waals surface area contributed by atoms with Gasteiger partial charge in [-0.05, 0) is 23.6 Å². The summed E-state index contributed by atoms with van der Waals surface area (Å²) in [6, 6.07) is 6.25. The average molecular weight is 290 g/mol. The van der Waals surface area contributed by atoms with E-state index in [1.165, 1.54) is 12.1 Å². The van der Waals surface area contributed by atoms with Gasteiger partial charge in [0.1, 0.15) is 11.6 Å². The van der Waals surface area contributed by atoms with E-state index in [1.54, 1.807) is 25.3 Å². The van der Waals surface area contributed by atoms with Crippen LogP contribution in [0.1, 0.15) is 36.5 Å². The van der Waals surface area contributed by atoms with Crippen LogP contribution in [0.15, 0.2) is 34.9 Å². The highest BCUT2D eigenvalue weighted by molar-refractivity contribution is 5.76. The third-order valence-electron chi connectivity index (χ3n) is 3.29. The maximum Gasteiger partial charge on any atom is 0.220 e. The molecule has 1 aromatic heterocycles. The van der Waals surface area contributed by atoms with Crippen molar-refractivity contribution in [1.82, 2.24) is 10.3 Å². The zero-order valence-corrected chi connectivity index (χ0v) is 12.2. The van der Waals surface area contributed by atoms with Crippen molar-refractivity contribution >= 4 is 5.91 Å². The first kappa shape index (κ1) is 15.2. The second kappa shape index (κ2) is 7.02. The molecule has 1 unspecified atom stereocenters. The Morgan fingerprint density at radius 2 is 2.10 bits per heavy atom. The first-order valence-electron chi connectivity index (χ1n) is 6.98. The van der Waals surface area contributed by atoms with E-state index >= 15 is 0 Å². The Bertz CT molecular complexity index is 593. The number of oxazole rings is 1. The van der Waals surface area contributed by atoms with Crippen molar-refractivity contribution in [3.63, 3.8) is 0 Å². The van der Waals surface area contributed by atoms with E-state index in [1.807, 2.05) is 6.92 Å². The summed E-state index contributed by atoms with van der Waals surface area (Å²) in [5.74, 6) is 1.15. The number of nitrogens with zero attached hydrogens (tertiary/aromatic N) is 1. The molecule has 0 saturated carbocycles. The summed E-state index contributed by atoms with van der Waals surface area (Å²) >= 11 is 0. The monoisotopic (exact) mass is 290 g/mol. The molecule has 0 aliphatic heterocycles. The highest BCUT2D eigenvalue weighted by Crippen LogP contribution is 2.19. The van der Waals surface area contributed by atoms with E-state index in [2.05, 4.69) is 10.3 Å². The van der Waals surface area contributed by atoms with Crippen molar-refractivity contribution < 1.29 is 13.6 Å². The Morgan fingerprint density at radius 1 is 1.38 bits per heavy atom. The fourth-order valence-corrected chi connectivity index (χ4v) is 2.11.